The Balaban J connectivity index is 2.11. The van der Waals surface area contributed by atoms with Crippen molar-refractivity contribution in [3.8, 4) is 0 Å². The molecule has 1 aliphatic rings. The molecule has 1 aliphatic heterocycles. The minimum absolute atomic E-state index is 0.0275. The maximum absolute atomic E-state index is 11.7. The van der Waals surface area contributed by atoms with Crippen molar-refractivity contribution in [1.29, 1.82) is 0 Å². The summed E-state index contributed by atoms with van der Waals surface area (Å²) in [6, 6.07) is 0. The highest BCUT2D eigenvalue weighted by atomic mass is 16.5. The number of nitrogens with one attached hydrogen (secondary N) is 1. The van der Waals surface area contributed by atoms with E-state index in [1.165, 1.54) is 0 Å². The van der Waals surface area contributed by atoms with Crippen molar-refractivity contribution in [2.75, 3.05) is 13.1 Å². The standard InChI is InChI=1S/C12H24N2O2/c1-9(2)4-3-7-14-12(15)11-6-5-10(8-13)16-11/h9-11H,3-8,13H2,1-2H3,(H,14,15). The predicted octanol–water partition coefficient (Wildman–Crippen LogP) is 1.05. The van der Waals surface area contributed by atoms with Gasteiger partial charge in [0.1, 0.15) is 6.10 Å². The van der Waals surface area contributed by atoms with Crippen LogP contribution in [0.4, 0.5) is 0 Å². The zero-order valence-corrected chi connectivity index (χ0v) is 10.4. The Morgan fingerprint density at radius 3 is 2.81 bits per heavy atom. The molecule has 0 aromatic heterocycles. The molecule has 1 rings (SSSR count). The minimum Gasteiger partial charge on any atom is -0.364 e. The Hall–Kier alpha value is -0.610. The molecule has 1 saturated heterocycles. The van der Waals surface area contributed by atoms with Gasteiger partial charge in [-0.3, -0.25) is 4.79 Å². The van der Waals surface area contributed by atoms with Crippen molar-refractivity contribution in [2.24, 2.45) is 11.7 Å². The molecule has 0 spiro atoms. The highest BCUT2D eigenvalue weighted by Crippen LogP contribution is 2.18. The van der Waals surface area contributed by atoms with Gasteiger partial charge in [0, 0.05) is 13.1 Å². The second kappa shape index (κ2) is 6.86. The Labute approximate surface area is 97.9 Å². The van der Waals surface area contributed by atoms with Crippen LogP contribution in [-0.2, 0) is 9.53 Å². The number of carbonyl (C=O) groups excluding carboxylic acids is 1. The number of nitrogens with two attached hydrogens (primary N) is 1. The molecule has 2 unspecified atom stereocenters. The van der Waals surface area contributed by atoms with E-state index in [0.717, 1.165) is 32.2 Å². The van der Waals surface area contributed by atoms with Gasteiger partial charge in [-0.25, -0.2) is 0 Å². The molecule has 1 heterocycles. The van der Waals surface area contributed by atoms with Gasteiger partial charge in [0.25, 0.3) is 0 Å². The van der Waals surface area contributed by atoms with Crippen LogP contribution in [0.3, 0.4) is 0 Å². The molecule has 0 bridgehead atoms. The highest BCUT2D eigenvalue weighted by Gasteiger charge is 2.29. The second-order valence-electron chi connectivity index (χ2n) is 4.89. The molecular weight excluding hydrogens is 204 g/mol. The number of rotatable bonds is 6. The van der Waals surface area contributed by atoms with Crippen LogP contribution in [0, 0.1) is 5.92 Å². The van der Waals surface area contributed by atoms with Crippen LogP contribution in [0.25, 0.3) is 0 Å². The molecule has 1 fully saturated rings. The smallest absolute Gasteiger partial charge is 0.249 e. The SMILES string of the molecule is CC(C)CCCNC(=O)C1CCC(CN)O1. The molecule has 2 atom stereocenters. The summed E-state index contributed by atoms with van der Waals surface area (Å²) in [5, 5.41) is 2.92. The summed E-state index contributed by atoms with van der Waals surface area (Å²) in [7, 11) is 0. The van der Waals surface area contributed by atoms with Gasteiger partial charge in [0.15, 0.2) is 0 Å². The Bertz CT molecular complexity index is 219. The summed E-state index contributed by atoms with van der Waals surface area (Å²) >= 11 is 0. The lowest BCUT2D eigenvalue weighted by Crippen LogP contribution is -2.36. The van der Waals surface area contributed by atoms with E-state index in [9.17, 15) is 4.79 Å². The quantitative estimate of drug-likeness (QED) is 0.668. The summed E-state index contributed by atoms with van der Waals surface area (Å²) < 4.78 is 5.51. The van der Waals surface area contributed by atoms with Crippen molar-refractivity contribution in [3.63, 3.8) is 0 Å². The maximum atomic E-state index is 11.7. The normalized spacial score (nSPS) is 25.0. The van der Waals surface area contributed by atoms with Crippen LogP contribution in [0.15, 0.2) is 0 Å². The number of hydrogen-bond acceptors (Lipinski definition) is 3. The summed E-state index contributed by atoms with van der Waals surface area (Å²) in [5.41, 5.74) is 5.49. The fraction of sp³-hybridized carbons (Fsp3) is 0.917. The van der Waals surface area contributed by atoms with Gasteiger partial charge in [0.05, 0.1) is 6.10 Å². The van der Waals surface area contributed by atoms with Gasteiger partial charge in [-0.2, -0.15) is 0 Å². The van der Waals surface area contributed by atoms with Crippen molar-refractivity contribution in [1.82, 2.24) is 5.32 Å². The van der Waals surface area contributed by atoms with Crippen LogP contribution in [-0.4, -0.2) is 31.2 Å². The third-order valence-corrected chi connectivity index (χ3v) is 2.92. The molecule has 0 aliphatic carbocycles. The molecule has 4 heteroatoms. The van der Waals surface area contributed by atoms with Gasteiger partial charge in [-0.15, -0.1) is 0 Å². The lowest BCUT2D eigenvalue weighted by molar-refractivity contribution is -0.131. The summed E-state index contributed by atoms with van der Waals surface area (Å²) in [6.45, 7) is 5.64. The third-order valence-electron chi connectivity index (χ3n) is 2.92. The van der Waals surface area contributed by atoms with E-state index in [1.54, 1.807) is 0 Å². The highest BCUT2D eigenvalue weighted by molar-refractivity contribution is 5.80. The lowest BCUT2D eigenvalue weighted by Gasteiger charge is -2.13. The number of amides is 1. The average Bonchev–Trinajstić information content (AvgIpc) is 2.72. The van der Waals surface area contributed by atoms with Gasteiger partial charge in [-0.1, -0.05) is 13.8 Å². The first-order valence-corrected chi connectivity index (χ1v) is 6.26. The van der Waals surface area contributed by atoms with Crippen molar-refractivity contribution in [3.05, 3.63) is 0 Å². The summed E-state index contributed by atoms with van der Waals surface area (Å²) in [5.74, 6) is 0.723. The van der Waals surface area contributed by atoms with E-state index in [2.05, 4.69) is 19.2 Å². The second-order valence-corrected chi connectivity index (χ2v) is 4.89. The van der Waals surface area contributed by atoms with Gasteiger partial charge >= 0.3 is 0 Å². The maximum Gasteiger partial charge on any atom is 0.249 e. The molecule has 3 N–H and O–H groups in total. The monoisotopic (exact) mass is 228 g/mol. The Morgan fingerprint density at radius 2 is 2.25 bits per heavy atom. The van der Waals surface area contributed by atoms with E-state index < -0.39 is 0 Å². The first-order valence-electron chi connectivity index (χ1n) is 6.26. The molecule has 1 amide bonds. The molecule has 4 nitrogen and oxygen atoms in total. The van der Waals surface area contributed by atoms with E-state index >= 15 is 0 Å². The summed E-state index contributed by atoms with van der Waals surface area (Å²) in [6.07, 6.45) is 3.70. The number of hydrogen-bond donors (Lipinski definition) is 2. The fourth-order valence-corrected chi connectivity index (χ4v) is 1.91. The third kappa shape index (κ3) is 4.49. The topological polar surface area (TPSA) is 64.4 Å². The Kier molecular flexibility index (Phi) is 5.77. The average molecular weight is 228 g/mol. The largest absolute Gasteiger partial charge is 0.364 e. The minimum atomic E-state index is -0.271. The van der Waals surface area contributed by atoms with Crippen LogP contribution in [0.1, 0.15) is 39.5 Å². The molecule has 94 valence electrons. The Morgan fingerprint density at radius 1 is 1.50 bits per heavy atom. The molecule has 0 saturated carbocycles. The van der Waals surface area contributed by atoms with E-state index in [0.29, 0.717) is 12.5 Å². The molecular formula is C12H24N2O2. The number of carbonyl (C=O) groups is 1. The number of ether oxygens (including phenoxy) is 1. The van der Waals surface area contributed by atoms with Crippen LogP contribution in [0.5, 0.6) is 0 Å². The van der Waals surface area contributed by atoms with E-state index in [1.807, 2.05) is 0 Å². The molecule has 16 heavy (non-hydrogen) atoms. The van der Waals surface area contributed by atoms with E-state index in [4.69, 9.17) is 10.5 Å². The molecule has 0 aromatic carbocycles. The predicted molar refractivity (Wildman–Crippen MR) is 64.0 cm³/mol. The van der Waals surface area contributed by atoms with Gasteiger partial charge in [0.2, 0.25) is 5.91 Å². The van der Waals surface area contributed by atoms with E-state index in [-0.39, 0.29) is 18.1 Å². The van der Waals surface area contributed by atoms with Crippen LogP contribution in [0.2, 0.25) is 0 Å². The van der Waals surface area contributed by atoms with Gasteiger partial charge < -0.3 is 15.8 Å². The first kappa shape index (κ1) is 13.5. The van der Waals surface area contributed by atoms with Crippen molar-refractivity contribution in [2.45, 2.75) is 51.7 Å². The zero-order valence-electron chi connectivity index (χ0n) is 10.4. The van der Waals surface area contributed by atoms with Crippen molar-refractivity contribution >= 4 is 5.91 Å². The zero-order chi connectivity index (χ0) is 12.0. The lowest BCUT2D eigenvalue weighted by atomic mass is 10.1. The molecule has 0 aromatic rings. The van der Waals surface area contributed by atoms with Crippen molar-refractivity contribution < 1.29 is 9.53 Å². The van der Waals surface area contributed by atoms with Crippen LogP contribution < -0.4 is 11.1 Å². The first-order chi connectivity index (χ1) is 7.63. The molecule has 0 radical (unpaired) electrons. The van der Waals surface area contributed by atoms with Crippen LogP contribution >= 0.6 is 0 Å². The fourth-order valence-electron chi connectivity index (χ4n) is 1.91. The summed E-state index contributed by atoms with van der Waals surface area (Å²) in [4.78, 5) is 11.7. The van der Waals surface area contributed by atoms with Gasteiger partial charge in [-0.05, 0) is 31.6 Å².